The maximum atomic E-state index is 4.85. The molecule has 0 aromatic heterocycles. The summed E-state index contributed by atoms with van der Waals surface area (Å²) in [5, 5.41) is 4.85. The highest BCUT2D eigenvalue weighted by molar-refractivity contribution is 6.02. The maximum absolute atomic E-state index is 4.85. The van der Waals surface area contributed by atoms with Crippen LogP contribution in [0, 0.1) is 0 Å². The lowest BCUT2D eigenvalue weighted by atomic mass is 9.96. The van der Waals surface area contributed by atoms with Gasteiger partial charge in [0.1, 0.15) is 0 Å². The van der Waals surface area contributed by atoms with Crippen molar-refractivity contribution in [1.82, 2.24) is 5.43 Å². The Morgan fingerprint density at radius 2 is 1.83 bits per heavy atom. The minimum absolute atomic E-state index is 0.556. The van der Waals surface area contributed by atoms with E-state index >= 15 is 0 Å². The Labute approximate surface area is 140 Å². The van der Waals surface area contributed by atoms with Crippen LogP contribution in [0.3, 0.4) is 0 Å². The van der Waals surface area contributed by atoms with Crippen LogP contribution in [0.2, 0.25) is 0 Å². The normalized spacial score (nSPS) is 19.9. The Bertz CT molecular complexity index is 617. The summed E-state index contributed by atoms with van der Waals surface area (Å²) in [6, 6.07) is 11.2. The van der Waals surface area contributed by atoms with Crippen molar-refractivity contribution in [1.29, 1.82) is 0 Å². The summed E-state index contributed by atoms with van der Waals surface area (Å²) in [6.07, 6.45) is 10.9. The molecule has 3 rings (SSSR count). The minimum Gasteiger partial charge on any atom is -0.307 e. The van der Waals surface area contributed by atoms with Crippen LogP contribution >= 0.6 is 0 Å². The fraction of sp³-hybridized carbons (Fsp3) is 0.476. The van der Waals surface area contributed by atoms with Crippen LogP contribution in [0.4, 0.5) is 0 Å². The van der Waals surface area contributed by atoms with E-state index in [1.807, 2.05) is 0 Å². The smallest absolute Gasteiger partial charge is 0.0715 e. The third kappa shape index (κ3) is 4.13. The molecular formula is C21H28N2. The van der Waals surface area contributed by atoms with Crippen molar-refractivity contribution in [2.75, 3.05) is 0 Å². The predicted molar refractivity (Wildman–Crippen MR) is 98.7 cm³/mol. The molecular weight excluding hydrogens is 280 g/mol. The lowest BCUT2D eigenvalue weighted by molar-refractivity contribution is 0.380. The summed E-state index contributed by atoms with van der Waals surface area (Å²) in [5.41, 5.74) is 10.3. The van der Waals surface area contributed by atoms with Crippen LogP contribution in [0.15, 0.2) is 58.2 Å². The third-order valence-electron chi connectivity index (χ3n) is 5.25. The Hall–Kier alpha value is -1.83. The van der Waals surface area contributed by atoms with E-state index in [4.69, 9.17) is 5.10 Å². The topological polar surface area (TPSA) is 24.4 Å². The van der Waals surface area contributed by atoms with Gasteiger partial charge in [-0.3, -0.25) is 0 Å². The molecule has 1 N–H and O–H groups in total. The summed E-state index contributed by atoms with van der Waals surface area (Å²) in [5.74, 6) is 0. The van der Waals surface area contributed by atoms with Gasteiger partial charge in [0.2, 0.25) is 0 Å². The number of nitrogens with one attached hydrogen (secondary N) is 1. The molecule has 0 saturated heterocycles. The van der Waals surface area contributed by atoms with E-state index < -0.39 is 0 Å². The van der Waals surface area contributed by atoms with Gasteiger partial charge in [0.25, 0.3) is 0 Å². The van der Waals surface area contributed by atoms with Crippen molar-refractivity contribution in [3.8, 4) is 0 Å². The Morgan fingerprint density at radius 3 is 2.48 bits per heavy atom. The molecule has 1 fully saturated rings. The van der Waals surface area contributed by atoms with Crippen molar-refractivity contribution < 1.29 is 0 Å². The summed E-state index contributed by atoms with van der Waals surface area (Å²) in [7, 11) is 0. The molecule has 0 unspecified atom stereocenters. The van der Waals surface area contributed by atoms with Crippen molar-refractivity contribution in [3.63, 3.8) is 0 Å². The Kier molecular flexibility index (Phi) is 5.32. The number of hydrogen-bond acceptors (Lipinski definition) is 2. The highest BCUT2D eigenvalue weighted by Gasteiger charge is 2.16. The van der Waals surface area contributed by atoms with Gasteiger partial charge in [0.15, 0.2) is 0 Å². The number of nitrogens with zero attached hydrogens (tertiary/aromatic N) is 1. The summed E-state index contributed by atoms with van der Waals surface area (Å²) < 4.78 is 0. The molecule has 1 aromatic rings. The zero-order valence-electron chi connectivity index (χ0n) is 14.4. The molecule has 2 nitrogen and oxygen atoms in total. The summed E-state index contributed by atoms with van der Waals surface area (Å²) in [4.78, 5) is 0. The van der Waals surface area contributed by atoms with Crippen LogP contribution in [0.25, 0.3) is 0 Å². The predicted octanol–water partition coefficient (Wildman–Crippen LogP) is 5.37. The maximum Gasteiger partial charge on any atom is 0.0715 e. The number of rotatable bonds is 5. The van der Waals surface area contributed by atoms with Crippen molar-refractivity contribution in [2.24, 2.45) is 5.10 Å². The van der Waals surface area contributed by atoms with Gasteiger partial charge in [0.05, 0.1) is 5.71 Å². The third-order valence-corrected chi connectivity index (χ3v) is 5.25. The first-order chi connectivity index (χ1) is 11.2. The van der Waals surface area contributed by atoms with Gasteiger partial charge in [-0.1, -0.05) is 66.8 Å². The molecule has 0 amide bonds. The van der Waals surface area contributed by atoms with Gasteiger partial charge >= 0.3 is 0 Å². The van der Waals surface area contributed by atoms with Gasteiger partial charge < -0.3 is 5.43 Å². The minimum atomic E-state index is 0.556. The number of benzene rings is 1. The van der Waals surface area contributed by atoms with E-state index in [1.54, 1.807) is 0 Å². The van der Waals surface area contributed by atoms with Crippen molar-refractivity contribution in [2.45, 2.75) is 64.8 Å². The fourth-order valence-corrected chi connectivity index (χ4v) is 3.51. The van der Waals surface area contributed by atoms with E-state index in [1.165, 1.54) is 60.1 Å². The second kappa shape index (κ2) is 7.63. The molecule has 1 saturated carbocycles. The van der Waals surface area contributed by atoms with Crippen LogP contribution in [-0.2, 0) is 0 Å². The fourth-order valence-electron chi connectivity index (χ4n) is 3.51. The van der Waals surface area contributed by atoms with Crippen LogP contribution < -0.4 is 5.43 Å². The first-order valence-electron chi connectivity index (χ1n) is 8.97. The van der Waals surface area contributed by atoms with Gasteiger partial charge in [-0.05, 0) is 44.2 Å². The Morgan fingerprint density at radius 1 is 1.09 bits per heavy atom. The Balaban J connectivity index is 1.77. The highest BCUT2D eigenvalue weighted by atomic mass is 15.3. The van der Waals surface area contributed by atoms with E-state index in [9.17, 15) is 0 Å². The number of allylic oxidation sites excluding steroid dienone is 4. The lowest BCUT2D eigenvalue weighted by Gasteiger charge is -2.22. The quantitative estimate of drug-likeness (QED) is 0.574. The van der Waals surface area contributed by atoms with Gasteiger partial charge in [-0.2, -0.15) is 5.10 Å². The van der Waals surface area contributed by atoms with E-state index in [0.29, 0.717) is 6.04 Å². The molecule has 0 atom stereocenters. The zero-order valence-corrected chi connectivity index (χ0v) is 14.4. The molecule has 2 aliphatic rings. The number of hydrogen-bond donors (Lipinski definition) is 1. The van der Waals surface area contributed by atoms with E-state index in [0.717, 1.165) is 12.8 Å². The second-order valence-corrected chi connectivity index (χ2v) is 6.89. The summed E-state index contributed by atoms with van der Waals surface area (Å²) in [6.45, 7) is 4.45. The zero-order chi connectivity index (χ0) is 16.1. The average molecular weight is 308 g/mol. The van der Waals surface area contributed by atoms with Gasteiger partial charge in [0, 0.05) is 12.5 Å². The molecule has 122 valence electrons. The van der Waals surface area contributed by atoms with Crippen LogP contribution in [0.5, 0.6) is 0 Å². The van der Waals surface area contributed by atoms with E-state index in [2.05, 4.69) is 55.7 Å². The largest absolute Gasteiger partial charge is 0.307 e. The van der Waals surface area contributed by atoms with Crippen LogP contribution in [0.1, 0.15) is 64.4 Å². The molecule has 2 heteroatoms. The molecule has 2 aliphatic carbocycles. The van der Waals surface area contributed by atoms with Gasteiger partial charge in [-0.25, -0.2) is 0 Å². The molecule has 1 aromatic carbocycles. The SMILES string of the molecule is CC1=CCC(CC(=NNC2CCCCC2)c2ccccc2)=C1C. The highest BCUT2D eigenvalue weighted by Crippen LogP contribution is 2.29. The molecule has 0 aliphatic heterocycles. The first kappa shape index (κ1) is 16.0. The monoisotopic (exact) mass is 308 g/mol. The average Bonchev–Trinajstić information content (AvgIpc) is 2.92. The molecule has 0 spiro atoms. The first-order valence-corrected chi connectivity index (χ1v) is 8.97. The molecule has 0 bridgehead atoms. The second-order valence-electron chi connectivity index (χ2n) is 6.89. The van der Waals surface area contributed by atoms with Crippen molar-refractivity contribution in [3.05, 3.63) is 58.7 Å². The standard InChI is InChI=1S/C21H28N2/c1-16-13-14-19(17(16)2)15-21(18-9-5-3-6-10-18)23-22-20-11-7-4-8-12-20/h3,5-6,9-10,13,20,22H,4,7-8,11-12,14-15H2,1-2H3. The summed E-state index contributed by atoms with van der Waals surface area (Å²) >= 11 is 0. The van der Waals surface area contributed by atoms with E-state index in [-0.39, 0.29) is 0 Å². The molecule has 23 heavy (non-hydrogen) atoms. The lowest BCUT2D eigenvalue weighted by Crippen LogP contribution is -2.28. The molecule has 0 heterocycles. The number of hydrazone groups is 1. The van der Waals surface area contributed by atoms with Crippen molar-refractivity contribution >= 4 is 5.71 Å². The molecule has 0 radical (unpaired) electrons. The van der Waals surface area contributed by atoms with Crippen LogP contribution in [-0.4, -0.2) is 11.8 Å². The van der Waals surface area contributed by atoms with Gasteiger partial charge in [-0.15, -0.1) is 0 Å².